The average Bonchev–Trinajstić information content (AvgIpc) is 3.30. The van der Waals surface area contributed by atoms with Crippen molar-refractivity contribution in [2.24, 2.45) is 5.41 Å². The third kappa shape index (κ3) is 5.21. The molecule has 9 heteroatoms. The molecule has 4 aromatic rings. The molecule has 0 unspecified atom stereocenters. The number of carbonyl (C=O) groups is 2. The highest BCUT2D eigenvalue weighted by atomic mass is 32.1. The molecule has 2 amide bonds. The molecule has 2 fully saturated rings. The lowest BCUT2D eigenvalue weighted by atomic mass is 9.73. The number of benzene rings is 2. The molecule has 1 spiro atoms. The fourth-order valence-corrected chi connectivity index (χ4v) is 7.63. The number of fused-ring (bicyclic) bond motifs is 3. The van der Waals surface area contributed by atoms with Gasteiger partial charge in [0.2, 0.25) is 0 Å². The molecular formula is C34H33FN4O3S. The van der Waals surface area contributed by atoms with Gasteiger partial charge < -0.3 is 19.9 Å². The summed E-state index contributed by atoms with van der Waals surface area (Å²) in [7, 11) is 0. The largest absolute Gasteiger partial charge is 0.381 e. The molecule has 2 aromatic carbocycles. The van der Waals surface area contributed by atoms with Crippen LogP contribution in [0.1, 0.15) is 49.6 Å². The van der Waals surface area contributed by atoms with Crippen molar-refractivity contribution in [1.29, 1.82) is 0 Å². The Hall–Kier alpha value is -4.08. The van der Waals surface area contributed by atoms with E-state index in [9.17, 15) is 14.0 Å². The van der Waals surface area contributed by atoms with E-state index in [0.717, 1.165) is 55.1 Å². The summed E-state index contributed by atoms with van der Waals surface area (Å²) in [6.07, 6.45) is 4.56. The first kappa shape index (κ1) is 27.7. The van der Waals surface area contributed by atoms with E-state index < -0.39 is 0 Å². The van der Waals surface area contributed by atoms with Gasteiger partial charge in [0.15, 0.2) is 0 Å². The van der Waals surface area contributed by atoms with Crippen LogP contribution in [0.4, 0.5) is 21.6 Å². The fourth-order valence-electron chi connectivity index (χ4n) is 6.53. The van der Waals surface area contributed by atoms with Gasteiger partial charge in [-0.1, -0.05) is 0 Å². The van der Waals surface area contributed by atoms with Crippen LogP contribution in [0.2, 0.25) is 0 Å². The Kier molecular flexibility index (Phi) is 7.02. The van der Waals surface area contributed by atoms with Gasteiger partial charge in [-0.3, -0.25) is 9.59 Å². The van der Waals surface area contributed by atoms with Crippen LogP contribution in [0.15, 0.2) is 60.8 Å². The number of halogens is 1. The quantitative estimate of drug-likeness (QED) is 0.286. The molecule has 2 saturated heterocycles. The molecule has 0 aliphatic carbocycles. The lowest BCUT2D eigenvalue weighted by Gasteiger charge is -2.53. The second-order valence-electron chi connectivity index (χ2n) is 12.0. The highest BCUT2D eigenvalue weighted by Crippen LogP contribution is 2.43. The lowest BCUT2D eigenvalue weighted by molar-refractivity contribution is -0.000509. The molecule has 0 bridgehead atoms. The van der Waals surface area contributed by atoms with E-state index >= 15 is 0 Å². The SMILES string of the molecule is Cc1cnc(N2CC3(CCOCC3)C2)c(C(=O)Nc2ccc(C(=O)N3CCc4cc(C)sc4-c4ccc(F)cc43)cc2)c1. The molecule has 7 rings (SSSR count). The van der Waals surface area contributed by atoms with Gasteiger partial charge in [0.1, 0.15) is 11.6 Å². The predicted molar refractivity (Wildman–Crippen MR) is 168 cm³/mol. The summed E-state index contributed by atoms with van der Waals surface area (Å²) in [6.45, 7) is 7.77. The molecule has 1 N–H and O–H groups in total. The molecular weight excluding hydrogens is 563 g/mol. The van der Waals surface area contributed by atoms with Crippen molar-refractivity contribution in [1.82, 2.24) is 4.98 Å². The molecule has 5 heterocycles. The number of anilines is 3. The number of hydrogen-bond acceptors (Lipinski definition) is 6. The van der Waals surface area contributed by atoms with Crippen LogP contribution in [-0.2, 0) is 11.2 Å². The third-order valence-corrected chi connectivity index (χ3v) is 9.95. The Labute approximate surface area is 254 Å². The minimum Gasteiger partial charge on any atom is -0.381 e. The van der Waals surface area contributed by atoms with Crippen LogP contribution in [0.3, 0.4) is 0 Å². The number of carbonyl (C=O) groups excluding carboxylic acids is 2. The molecule has 43 heavy (non-hydrogen) atoms. The molecule has 0 atom stereocenters. The second-order valence-corrected chi connectivity index (χ2v) is 13.2. The van der Waals surface area contributed by atoms with Gasteiger partial charge in [0.05, 0.1) is 11.3 Å². The maximum atomic E-state index is 14.4. The number of nitrogens with zero attached hydrogens (tertiary/aromatic N) is 3. The first-order valence-electron chi connectivity index (χ1n) is 14.7. The molecule has 3 aliphatic heterocycles. The molecule has 2 aromatic heterocycles. The summed E-state index contributed by atoms with van der Waals surface area (Å²) in [6, 6.07) is 15.6. The normalized spacial score (nSPS) is 17.1. The third-order valence-electron chi connectivity index (χ3n) is 8.82. The molecule has 0 saturated carbocycles. The molecule has 220 valence electrons. The van der Waals surface area contributed by atoms with E-state index in [1.807, 2.05) is 13.0 Å². The van der Waals surface area contributed by atoms with Gasteiger partial charge in [0.25, 0.3) is 11.8 Å². The minimum absolute atomic E-state index is 0.207. The first-order valence-corrected chi connectivity index (χ1v) is 15.5. The summed E-state index contributed by atoms with van der Waals surface area (Å²) in [5.41, 5.74) is 5.38. The summed E-state index contributed by atoms with van der Waals surface area (Å²) < 4.78 is 19.9. The topological polar surface area (TPSA) is 74.8 Å². The fraction of sp³-hybridized carbons (Fsp3) is 0.324. The van der Waals surface area contributed by atoms with Crippen LogP contribution < -0.4 is 15.1 Å². The van der Waals surface area contributed by atoms with Crippen LogP contribution in [0, 0.1) is 25.1 Å². The smallest absolute Gasteiger partial charge is 0.259 e. The van der Waals surface area contributed by atoms with E-state index in [1.54, 1.807) is 52.8 Å². The predicted octanol–water partition coefficient (Wildman–Crippen LogP) is 6.64. The van der Waals surface area contributed by atoms with Gasteiger partial charge in [0, 0.05) is 71.0 Å². The zero-order valence-corrected chi connectivity index (χ0v) is 25.1. The van der Waals surface area contributed by atoms with Crippen molar-refractivity contribution in [3.8, 4) is 10.4 Å². The summed E-state index contributed by atoms with van der Waals surface area (Å²) in [4.78, 5) is 38.0. The summed E-state index contributed by atoms with van der Waals surface area (Å²) >= 11 is 1.67. The van der Waals surface area contributed by atoms with Crippen LogP contribution >= 0.6 is 11.3 Å². The highest BCUT2D eigenvalue weighted by Gasteiger charge is 2.45. The molecule has 3 aliphatic rings. The number of nitrogens with one attached hydrogen (secondary N) is 1. The lowest BCUT2D eigenvalue weighted by Crippen LogP contribution is -2.59. The first-order chi connectivity index (χ1) is 20.8. The van der Waals surface area contributed by atoms with Crippen molar-refractivity contribution < 1.29 is 18.7 Å². The van der Waals surface area contributed by atoms with Crippen molar-refractivity contribution in [3.05, 3.63) is 93.7 Å². The van der Waals surface area contributed by atoms with Crippen molar-refractivity contribution in [2.45, 2.75) is 33.1 Å². The number of ether oxygens (including phenoxy) is 1. The standard InChI is InChI=1S/C34H33FN4O3S/c1-21-15-28(31(36-18-21)38-19-34(20-38)10-13-42-14-11-34)32(40)37-26-6-3-23(4-7-26)33(41)39-12-9-24-16-22(2)43-30(24)27-8-5-25(35)17-29(27)39/h3-8,15-18H,9-14,19-20H2,1-2H3,(H,37,40). The van der Waals surface area contributed by atoms with Crippen LogP contribution in [0.5, 0.6) is 0 Å². The minimum atomic E-state index is -0.377. The van der Waals surface area contributed by atoms with Gasteiger partial charge in [-0.15, -0.1) is 11.3 Å². The maximum absolute atomic E-state index is 14.4. The van der Waals surface area contributed by atoms with Gasteiger partial charge in [-0.05, 0) is 98.8 Å². The maximum Gasteiger partial charge on any atom is 0.259 e. The molecule has 7 nitrogen and oxygen atoms in total. The van der Waals surface area contributed by atoms with E-state index in [2.05, 4.69) is 28.2 Å². The Morgan fingerprint density at radius 1 is 1.02 bits per heavy atom. The Balaban J connectivity index is 1.09. The van der Waals surface area contributed by atoms with Gasteiger partial charge in [-0.2, -0.15) is 0 Å². The van der Waals surface area contributed by atoms with Crippen LogP contribution in [-0.4, -0.2) is 49.6 Å². The zero-order chi connectivity index (χ0) is 29.7. The number of aromatic nitrogens is 1. The van der Waals surface area contributed by atoms with Gasteiger partial charge >= 0.3 is 0 Å². The zero-order valence-electron chi connectivity index (χ0n) is 24.3. The van der Waals surface area contributed by atoms with Crippen molar-refractivity contribution in [2.75, 3.05) is 48.0 Å². The van der Waals surface area contributed by atoms with Crippen molar-refractivity contribution in [3.63, 3.8) is 0 Å². The highest BCUT2D eigenvalue weighted by molar-refractivity contribution is 7.15. The number of amides is 2. The van der Waals surface area contributed by atoms with E-state index in [4.69, 9.17) is 4.74 Å². The monoisotopic (exact) mass is 596 g/mol. The summed E-state index contributed by atoms with van der Waals surface area (Å²) in [5.74, 6) is -0.126. The van der Waals surface area contributed by atoms with Gasteiger partial charge in [-0.25, -0.2) is 9.37 Å². The van der Waals surface area contributed by atoms with E-state index in [1.165, 1.54) is 22.6 Å². The van der Waals surface area contributed by atoms with Crippen molar-refractivity contribution >= 4 is 40.3 Å². The Morgan fingerprint density at radius 2 is 1.79 bits per heavy atom. The van der Waals surface area contributed by atoms with E-state index in [0.29, 0.717) is 41.3 Å². The Morgan fingerprint density at radius 3 is 2.56 bits per heavy atom. The number of hydrogen-bond donors (Lipinski definition) is 1. The summed E-state index contributed by atoms with van der Waals surface area (Å²) in [5, 5.41) is 2.99. The molecule has 0 radical (unpaired) electrons. The number of aryl methyl sites for hydroxylation is 2. The van der Waals surface area contributed by atoms with E-state index in [-0.39, 0.29) is 23.0 Å². The number of rotatable bonds is 4. The average molecular weight is 597 g/mol. The second kappa shape index (κ2) is 10.9. The number of thiophene rings is 1. The number of pyridine rings is 1. The van der Waals surface area contributed by atoms with Crippen LogP contribution in [0.25, 0.3) is 10.4 Å². The Bertz CT molecular complexity index is 1720.